The Kier molecular flexibility index (Phi) is 5.41. The summed E-state index contributed by atoms with van der Waals surface area (Å²) < 4.78 is 6.44. The second-order valence-corrected chi connectivity index (χ2v) is 5.44. The molecule has 23 heavy (non-hydrogen) atoms. The largest absolute Gasteiger partial charge is 0.495 e. The highest BCUT2D eigenvalue weighted by Crippen LogP contribution is 2.28. The van der Waals surface area contributed by atoms with E-state index in [1.807, 2.05) is 18.0 Å². The SMILES string of the molecule is COc1ccc(N(C)CC(O)Cn2cc([N+](=O)[O-])cn2)cc1Cl. The number of rotatable bonds is 7. The Morgan fingerprint density at radius 3 is 2.87 bits per heavy atom. The second-order valence-electron chi connectivity index (χ2n) is 5.03. The molecule has 0 saturated heterocycles. The molecule has 1 heterocycles. The molecule has 9 heteroatoms. The maximum absolute atomic E-state index is 10.6. The summed E-state index contributed by atoms with van der Waals surface area (Å²) in [7, 11) is 3.35. The number of aliphatic hydroxyl groups is 1. The minimum absolute atomic E-state index is 0.104. The number of aromatic nitrogens is 2. The number of anilines is 1. The highest BCUT2D eigenvalue weighted by Gasteiger charge is 2.14. The number of aliphatic hydroxyl groups excluding tert-OH is 1. The van der Waals surface area contributed by atoms with E-state index in [-0.39, 0.29) is 12.2 Å². The van der Waals surface area contributed by atoms with Crippen LogP contribution >= 0.6 is 11.6 Å². The molecule has 2 rings (SSSR count). The van der Waals surface area contributed by atoms with Gasteiger partial charge in [-0.2, -0.15) is 5.10 Å². The summed E-state index contributed by atoms with van der Waals surface area (Å²) in [6.45, 7) is 0.471. The van der Waals surface area contributed by atoms with Crippen LogP contribution in [0.1, 0.15) is 0 Å². The fraction of sp³-hybridized carbons (Fsp3) is 0.357. The Morgan fingerprint density at radius 1 is 1.57 bits per heavy atom. The number of nitro groups is 1. The molecule has 0 spiro atoms. The topological polar surface area (TPSA) is 93.7 Å². The highest BCUT2D eigenvalue weighted by atomic mass is 35.5. The number of nitrogens with zero attached hydrogens (tertiary/aromatic N) is 4. The third-order valence-corrected chi connectivity index (χ3v) is 3.58. The van der Waals surface area contributed by atoms with E-state index in [4.69, 9.17) is 16.3 Å². The molecule has 1 N–H and O–H groups in total. The van der Waals surface area contributed by atoms with Crippen LogP contribution in [0.2, 0.25) is 5.02 Å². The molecule has 0 aliphatic heterocycles. The van der Waals surface area contributed by atoms with Crippen LogP contribution in [0.15, 0.2) is 30.6 Å². The highest BCUT2D eigenvalue weighted by molar-refractivity contribution is 6.32. The van der Waals surface area contributed by atoms with Crippen molar-refractivity contribution in [3.8, 4) is 5.75 Å². The van der Waals surface area contributed by atoms with E-state index in [1.165, 1.54) is 18.0 Å². The van der Waals surface area contributed by atoms with Crippen molar-refractivity contribution in [3.05, 3.63) is 45.7 Å². The maximum Gasteiger partial charge on any atom is 0.306 e. The average Bonchev–Trinajstić information content (AvgIpc) is 2.95. The molecule has 124 valence electrons. The number of likely N-dealkylation sites (N-methyl/N-ethyl adjacent to an activating group) is 1. The molecule has 0 bridgehead atoms. The molecule has 0 radical (unpaired) electrons. The first-order chi connectivity index (χ1) is 10.9. The summed E-state index contributed by atoms with van der Waals surface area (Å²) in [4.78, 5) is 11.9. The predicted octanol–water partition coefficient (Wildman–Crippen LogP) is 1.95. The number of ether oxygens (including phenoxy) is 1. The van der Waals surface area contributed by atoms with Crippen LogP contribution in [-0.4, -0.2) is 46.6 Å². The number of hydrogen-bond acceptors (Lipinski definition) is 6. The number of halogens is 1. The van der Waals surface area contributed by atoms with Crippen LogP contribution in [0, 0.1) is 10.1 Å². The summed E-state index contributed by atoms with van der Waals surface area (Å²) in [6, 6.07) is 5.32. The van der Waals surface area contributed by atoms with E-state index in [0.717, 1.165) is 11.9 Å². The van der Waals surface area contributed by atoms with Crippen molar-refractivity contribution >= 4 is 23.0 Å². The monoisotopic (exact) mass is 340 g/mol. The lowest BCUT2D eigenvalue weighted by atomic mass is 10.2. The van der Waals surface area contributed by atoms with Crippen molar-refractivity contribution in [2.75, 3.05) is 25.6 Å². The van der Waals surface area contributed by atoms with Crippen LogP contribution in [-0.2, 0) is 6.54 Å². The lowest BCUT2D eigenvalue weighted by Crippen LogP contribution is -2.32. The van der Waals surface area contributed by atoms with E-state index >= 15 is 0 Å². The molecule has 0 fully saturated rings. The van der Waals surface area contributed by atoms with Crippen LogP contribution < -0.4 is 9.64 Å². The van der Waals surface area contributed by atoms with E-state index in [0.29, 0.717) is 17.3 Å². The van der Waals surface area contributed by atoms with Crippen molar-refractivity contribution in [2.45, 2.75) is 12.6 Å². The van der Waals surface area contributed by atoms with Crippen LogP contribution in [0.25, 0.3) is 0 Å². The summed E-state index contributed by atoms with van der Waals surface area (Å²) in [6.07, 6.45) is 1.69. The van der Waals surface area contributed by atoms with Crippen LogP contribution in [0.3, 0.4) is 0 Å². The maximum atomic E-state index is 10.6. The molecule has 0 aliphatic rings. The van der Waals surface area contributed by atoms with Gasteiger partial charge < -0.3 is 14.7 Å². The van der Waals surface area contributed by atoms with Gasteiger partial charge in [-0.3, -0.25) is 14.8 Å². The first-order valence-corrected chi connectivity index (χ1v) is 7.18. The minimum Gasteiger partial charge on any atom is -0.495 e. The van der Waals surface area contributed by atoms with E-state index < -0.39 is 11.0 Å². The molecule has 1 unspecified atom stereocenters. The third kappa shape index (κ3) is 4.33. The van der Waals surface area contributed by atoms with Crippen LogP contribution in [0.5, 0.6) is 5.75 Å². The van der Waals surface area contributed by atoms with Crippen molar-refractivity contribution < 1.29 is 14.8 Å². The molecule has 0 amide bonds. The van der Waals surface area contributed by atoms with E-state index in [9.17, 15) is 15.2 Å². The van der Waals surface area contributed by atoms with Gasteiger partial charge in [0.15, 0.2) is 0 Å². The number of benzene rings is 1. The first kappa shape index (κ1) is 17.0. The van der Waals surface area contributed by atoms with Gasteiger partial charge in [-0.05, 0) is 18.2 Å². The summed E-state index contributed by atoms with van der Waals surface area (Å²) in [5.41, 5.74) is 0.716. The minimum atomic E-state index is -0.750. The lowest BCUT2D eigenvalue weighted by Gasteiger charge is -2.23. The zero-order valence-corrected chi connectivity index (χ0v) is 13.5. The van der Waals surface area contributed by atoms with Crippen LogP contribution in [0.4, 0.5) is 11.4 Å². The lowest BCUT2D eigenvalue weighted by molar-refractivity contribution is -0.385. The van der Waals surface area contributed by atoms with Gasteiger partial charge in [0.25, 0.3) is 0 Å². The molecule has 1 atom stereocenters. The Hall–Kier alpha value is -2.32. The van der Waals surface area contributed by atoms with Gasteiger partial charge >= 0.3 is 5.69 Å². The summed E-state index contributed by atoms with van der Waals surface area (Å²) in [5.74, 6) is 0.577. The number of hydrogen-bond donors (Lipinski definition) is 1. The molecule has 1 aromatic carbocycles. The second kappa shape index (κ2) is 7.30. The smallest absolute Gasteiger partial charge is 0.306 e. The average molecular weight is 341 g/mol. The zero-order valence-electron chi connectivity index (χ0n) is 12.7. The quantitative estimate of drug-likeness (QED) is 0.611. The van der Waals surface area contributed by atoms with Crippen molar-refractivity contribution in [1.29, 1.82) is 0 Å². The fourth-order valence-electron chi connectivity index (χ4n) is 2.13. The molecule has 8 nitrogen and oxygen atoms in total. The molecule has 0 aliphatic carbocycles. The predicted molar refractivity (Wildman–Crippen MR) is 86.2 cm³/mol. The Bertz CT molecular complexity index is 691. The molecule has 0 saturated carbocycles. The van der Waals surface area contributed by atoms with Crippen molar-refractivity contribution in [1.82, 2.24) is 9.78 Å². The fourth-order valence-corrected chi connectivity index (χ4v) is 2.39. The van der Waals surface area contributed by atoms with Crippen molar-refractivity contribution in [2.24, 2.45) is 0 Å². The van der Waals surface area contributed by atoms with Gasteiger partial charge in [0.1, 0.15) is 18.1 Å². The van der Waals surface area contributed by atoms with Crippen molar-refractivity contribution in [3.63, 3.8) is 0 Å². The Labute approximate surface area is 138 Å². The summed E-state index contributed by atoms with van der Waals surface area (Å²) in [5, 5.41) is 25.1. The number of methoxy groups -OCH3 is 1. The Morgan fingerprint density at radius 2 is 2.30 bits per heavy atom. The standard InChI is InChI=1S/C14H17ClN4O4/c1-17(10-3-4-14(23-2)13(15)5-10)8-12(20)9-18-7-11(6-16-18)19(21)22/h3-7,12,20H,8-9H2,1-2H3. The van der Waals surface area contributed by atoms with Gasteiger partial charge in [-0.15, -0.1) is 0 Å². The van der Waals surface area contributed by atoms with Gasteiger partial charge in [-0.25, -0.2) is 0 Å². The normalized spacial score (nSPS) is 12.0. The zero-order chi connectivity index (χ0) is 17.0. The van der Waals surface area contributed by atoms with Gasteiger partial charge in [0.05, 0.1) is 29.7 Å². The van der Waals surface area contributed by atoms with E-state index in [2.05, 4.69) is 5.10 Å². The third-order valence-electron chi connectivity index (χ3n) is 3.29. The Balaban J connectivity index is 1.97. The molecular formula is C14H17ClN4O4. The first-order valence-electron chi connectivity index (χ1n) is 6.80. The van der Waals surface area contributed by atoms with Gasteiger partial charge in [-0.1, -0.05) is 11.6 Å². The summed E-state index contributed by atoms with van der Waals surface area (Å²) >= 11 is 6.08. The molecular weight excluding hydrogens is 324 g/mol. The molecule has 2 aromatic rings. The van der Waals surface area contributed by atoms with E-state index in [1.54, 1.807) is 12.1 Å². The van der Waals surface area contributed by atoms with Gasteiger partial charge in [0, 0.05) is 19.3 Å². The molecule has 1 aromatic heterocycles. The van der Waals surface area contributed by atoms with Gasteiger partial charge in [0.2, 0.25) is 0 Å².